The SMILES string of the molecule is CC1=NN(c2ccc(C(=O)O)cc2)C(=O)/C1=C\c1ccc(F)cc1. The average molecular weight is 324 g/mol. The lowest BCUT2D eigenvalue weighted by molar-refractivity contribution is -0.114. The number of carbonyl (C=O) groups excluding carboxylic acids is 1. The predicted molar refractivity (Wildman–Crippen MR) is 88.4 cm³/mol. The van der Waals surface area contributed by atoms with Gasteiger partial charge in [-0.1, -0.05) is 12.1 Å². The number of hydrazone groups is 1. The molecular weight excluding hydrogens is 311 g/mol. The number of hydrogen-bond acceptors (Lipinski definition) is 3. The van der Waals surface area contributed by atoms with Crippen LogP contribution in [0, 0.1) is 5.82 Å². The quantitative estimate of drug-likeness (QED) is 0.880. The van der Waals surface area contributed by atoms with Gasteiger partial charge in [0, 0.05) is 0 Å². The highest BCUT2D eigenvalue weighted by molar-refractivity contribution is 6.32. The van der Waals surface area contributed by atoms with E-state index in [1.54, 1.807) is 25.1 Å². The second-order valence-electron chi connectivity index (χ2n) is 5.26. The zero-order valence-corrected chi connectivity index (χ0v) is 12.7. The van der Waals surface area contributed by atoms with Gasteiger partial charge in [-0.05, 0) is 55.0 Å². The second-order valence-corrected chi connectivity index (χ2v) is 5.26. The van der Waals surface area contributed by atoms with Crippen LogP contribution in [0.2, 0.25) is 0 Å². The van der Waals surface area contributed by atoms with Gasteiger partial charge in [-0.3, -0.25) is 4.79 Å². The van der Waals surface area contributed by atoms with Crippen molar-refractivity contribution < 1.29 is 19.1 Å². The zero-order valence-electron chi connectivity index (χ0n) is 12.7. The first-order valence-electron chi connectivity index (χ1n) is 7.16. The smallest absolute Gasteiger partial charge is 0.335 e. The highest BCUT2D eigenvalue weighted by atomic mass is 19.1. The first-order chi connectivity index (χ1) is 11.5. The minimum absolute atomic E-state index is 0.133. The third-order valence-electron chi connectivity index (χ3n) is 3.60. The number of amides is 1. The van der Waals surface area contributed by atoms with Crippen LogP contribution >= 0.6 is 0 Å². The Morgan fingerprint density at radius 2 is 1.75 bits per heavy atom. The highest BCUT2D eigenvalue weighted by Crippen LogP contribution is 2.25. The molecule has 0 aromatic heterocycles. The van der Waals surface area contributed by atoms with E-state index in [2.05, 4.69) is 5.10 Å². The standard InChI is InChI=1S/C18H13FN2O3/c1-11-16(10-12-2-6-14(19)7-3-12)17(22)21(20-11)15-8-4-13(5-9-15)18(23)24/h2-10H,1H3,(H,23,24)/b16-10-. The lowest BCUT2D eigenvalue weighted by atomic mass is 10.1. The lowest BCUT2D eigenvalue weighted by Crippen LogP contribution is -2.21. The molecule has 24 heavy (non-hydrogen) atoms. The summed E-state index contributed by atoms with van der Waals surface area (Å²) in [7, 11) is 0. The van der Waals surface area contributed by atoms with Crippen molar-refractivity contribution in [1.82, 2.24) is 0 Å². The van der Waals surface area contributed by atoms with Gasteiger partial charge in [0.15, 0.2) is 0 Å². The van der Waals surface area contributed by atoms with Crippen molar-refractivity contribution in [2.24, 2.45) is 5.10 Å². The van der Waals surface area contributed by atoms with E-state index in [9.17, 15) is 14.0 Å². The monoisotopic (exact) mass is 324 g/mol. The molecule has 1 heterocycles. The van der Waals surface area contributed by atoms with Crippen molar-refractivity contribution in [3.05, 3.63) is 71.0 Å². The molecule has 0 atom stereocenters. The largest absolute Gasteiger partial charge is 0.478 e. The van der Waals surface area contributed by atoms with Gasteiger partial charge in [0.1, 0.15) is 5.82 Å². The summed E-state index contributed by atoms with van der Waals surface area (Å²) in [6.07, 6.45) is 1.65. The summed E-state index contributed by atoms with van der Waals surface area (Å²) in [5.41, 5.74) is 2.24. The number of anilines is 1. The fourth-order valence-corrected chi connectivity index (χ4v) is 2.33. The van der Waals surface area contributed by atoms with Crippen LogP contribution < -0.4 is 5.01 Å². The van der Waals surface area contributed by atoms with Crippen molar-refractivity contribution in [3.8, 4) is 0 Å². The molecule has 5 nitrogen and oxygen atoms in total. The topological polar surface area (TPSA) is 70.0 Å². The van der Waals surface area contributed by atoms with Crippen molar-refractivity contribution in [2.45, 2.75) is 6.92 Å². The first kappa shape index (κ1) is 15.6. The fourth-order valence-electron chi connectivity index (χ4n) is 2.33. The van der Waals surface area contributed by atoms with E-state index < -0.39 is 5.97 Å². The van der Waals surface area contributed by atoms with Crippen LogP contribution in [0.5, 0.6) is 0 Å². The molecule has 2 aromatic carbocycles. The maximum Gasteiger partial charge on any atom is 0.335 e. The van der Waals surface area contributed by atoms with Gasteiger partial charge in [0.2, 0.25) is 0 Å². The predicted octanol–water partition coefficient (Wildman–Crippen LogP) is 3.33. The molecule has 1 amide bonds. The molecule has 0 radical (unpaired) electrons. The van der Waals surface area contributed by atoms with Gasteiger partial charge >= 0.3 is 5.97 Å². The van der Waals surface area contributed by atoms with Crippen molar-refractivity contribution in [3.63, 3.8) is 0 Å². The number of benzene rings is 2. The van der Waals surface area contributed by atoms with Crippen molar-refractivity contribution >= 4 is 29.4 Å². The molecule has 1 aliphatic rings. The van der Waals surface area contributed by atoms with Crippen LogP contribution in [0.3, 0.4) is 0 Å². The molecule has 1 N–H and O–H groups in total. The Morgan fingerprint density at radius 3 is 2.33 bits per heavy atom. The number of aromatic carboxylic acids is 1. The number of hydrogen-bond donors (Lipinski definition) is 1. The van der Waals surface area contributed by atoms with Crippen LogP contribution in [-0.2, 0) is 4.79 Å². The van der Waals surface area contributed by atoms with Crippen LogP contribution in [-0.4, -0.2) is 22.7 Å². The minimum Gasteiger partial charge on any atom is -0.478 e. The lowest BCUT2D eigenvalue weighted by Gasteiger charge is -2.11. The Balaban J connectivity index is 1.90. The summed E-state index contributed by atoms with van der Waals surface area (Å²) in [5, 5.41) is 14.4. The van der Waals surface area contributed by atoms with Crippen LogP contribution in [0.1, 0.15) is 22.8 Å². The number of carboxylic acid groups (broad SMARTS) is 1. The van der Waals surface area contributed by atoms with E-state index in [0.29, 0.717) is 22.5 Å². The number of carbonyl (C=O) groups is 2. The molecule has 0 unspecified atom stereocenters. The van der Waals surface area contributed by atoms with Gasteiger partial charge in [0.25, 0.3) is 5.91 Å². The molecule has 2 aromatic rings. The minimum atomic E-state index is -1.04. The van der Waals surface area contributed by atoms with E-state index >= 15 is 0 Å². The molecule has 6 heteroatoms. The van der Waals surface area contributed by atoms with Gasteiger partial charge < -0.3 is 5.11 Å². The van der Waals surface area contributed by atoms with Gasteiger partial charge in [-0.25, -0.2) is 9.18 Å². The number of rotatable bonds is 3. The number of carboxylic acids is 1. The van der Waals surface area contributed by atoms with Crippen LogP contribution in [0.15, 0.2) is 59.2 Å². The van der Waals surface area contributed by atoms with Crippen LogP contribution in [0.4, 0.5) is 10.1 Å². The molecular formula is C18H13FN2O3. The summed E-state index contributed by atoms with van der Waals surface area (Å²) in [5.74, 6) is -1.70. The Labute approximate surface area is 137 Å². The summed E-state index contributed by atoms with van der Waals surface area (Å²) in [6, 6.07) is 11.7. The number of nitrogens with zero attached hydrogens (tertiary/aromatic N) is 2. The maximum absolute atomic E-state index is 13.0. The van der Waals surface area contributed by atoms with Gasteiger partial charge in [0.05, 0.1) is 22.5 Å². The van der Waals surface area contributed by atoms with E-state index in [0.717, 1.165) is 0 Å². The summed E-state index contributed by atoms with van der Waals surface area (Å²) in [4.78, 5) is 23.4. The molecule has 0 bridgehead atoms. The molecule has 0 spiro atoms. The maximum atomic E-state index is 13.0. The van der Waals surface area contributed by atoms with E-state index in [-0.39, 0.29) is 17.3 Å². The highest BCUT2D eigenvalue weighted by Gasteiger charge is 2.28. The Kier molecular flexibility index (Phi) is 3.95. The van der Waals surface area contributed by atoms with E-state index in [1.165, 1.54) is 41.4 Å². The Morgan fingerprint density at radius 1 is 1.12 bits per heavy atom. The second kappa shape index (κ2) is 6.08. The van der Waals surface area contributed by atoms with Gasteiger partial charge in [-0.2, -0.15) is 10.1 Å². The molecule has 0 fully saturated rings. The molecule has 0 saturated heterocycles. The summed E-state index contributed by atoms with van der Waals surface area (Å²) < 4.78 is 13.0. The summed E-state index contributed by atoms with van der Waals surface area (Å²) in [6.45, 7) is 1.71. The third-order valence-corrected chi connectivity index (χ3v) is 3.60. The average Bonchev–Trinajstić information content (AvgIpc) is 2.85. The van der Waals surface area contributed by atoms with E-state index in [4.69, 9.17) is 5.11 Å². The van der Waals surface area contributed by atoms with Crippen LogP contribution in [0.25, 0.3) is 6.08 Å². The molecule has 0 saturated carbocycles. The molecule has 1 aliphatic heterocycles. The van der Waals surface area contributed by atoms with Crippen molar-refractivity contribution in [1.29, 1.82) is 0 Å². The normalized spacial score (nSPS) is 15.8. The zero-order chi connectivity index (χ0) is 17.3. The molecule has 120 valence electrons. The Bertz CT molecular complexity index is 868. The Hall–Kier alpha value is -3.28. The van der Waals surface area contributed by atoms with Crippen molar-refractivity contribution in [2.75, 3.05) is 5.01 Å². The van der Waals surface area contributed by atoms with E-state index in [1.807, 2.05) is 0 Å². The number of halogens is 1. The third kappa shape index (κ3) is 2.94. The van der Waals surface area contributed by atoms with Gasteiger partial charge in [-0.15, -0.1) is 0 Å². The molecule has 3 rings (SSSR count). The molecule has 0 aliphatic carbocycles. The summed E-state index contributed by atoms with van der Waals surface area (Å²) >= 11 is 0. The fraction of sp³-hybridized carbons (Fsp3) is 0.0556. The first-order valence-corrected chi connectivity index (χ1v) is 7.16.